The first-order chi connectivity index (χ1) is 15.1. The van der Waals surface area contributed by atoms with Crippen molar-refractivity contribution in [2.75, 3.05) is 6.54 Å². The number of rotatable bonds is 4. The Labute approximate surface area is 181 Å². The van der Waals surface area contributed by atoms with Gasteiger partial charge in [0.1, 0.15) is 6.54 Å². The van der Waals surface area contributed by atoms with Gasteiger partial charge in [-0.3, -0.25) is 19.3 Å². The molecule has 31 heavy (non-hydrogen) atoms. The zero-order valence-corrected chi connectivity index (χ0v) is 17.3. The predicted molar refractivity (Wildman–Crippen MR) is 120 cm³/mol. The predicted octanol–water partition coefficient (Wildman–Crippen LogP) is 3.77. The Morgan fingerprint density at radius 1 is 0.968 bits per heavy atom. The summed E-state index contributed by atoms with van der Waals surface area (Å²) in [5.41, 5.74) is 1.58. The van der Waals surface area contributed by atoms with Crippen LogP contribution in [-0.2, 0) is 11.3 Å². The summed E-state index contributed by atoms with van der Waals surface area (Å²) in [7, 11) is 0. The number of thiazole rings is 1. The summed E-state index contributed by atoms with van der Waals surface area (Å²) in [5.74, 6) is -1.49. The van der Waals surface area contributed by atoms with E-state index in [1.807, 2.05) is 41.0 Å². The summed E-state index contributed by atoms with van der Waals surface area (Å²) in [6.07, 6.45) is 1.75. The van der Waals surface area contributed by atoms with Crippen LogP contribution in [0.1, 0.15) is 20.7 Å². The van der Waals surface area contributed by atoms with Crippen LogP contribution < -0.4 is 4.80 Å². The monoisotopic (exact) mass is 427 g/mol. The molecule has 2 heterocycles. The van der Waals surface area contributed by atoms with E-state index in [4.69, 9.17) is 0 Å². The van der Waals surface area contributed by atoms with Crippen molar-refractivity contribution >= 4 is 50.0 Å². The maximum atomic E-state index is 12.8. The van der Waals surface area contributed by atoms with Crippen LogP contribution in [0.3, 0.4) is 0 Å². The molecule has 6 nitrogen and oxygen atoms in total. The van der Waals surface area contributed by atoms with Gasteiger partial charge >= 0.3 is 0 Å². The highest BCUT2D eigenvalue weighted by atomic mass is 32.1. The Morgan fingerprint density at radius 3 is 2.35 bits per heavy atom. The third-order valence-electron chi connectivity index (χ3n) is 5.28. The number of hydrogen-bond acceptors (Lipinski definition) is 4. The van der Waals surface area contributed by atoms with Crippen LogP contribution in [0.4, 0.5) is 0 Å². The number of aromatic nitrogens is 1. The molecule has 3 amide bonds. The molecular formula is C24H17N3O3S. The Kier molecular flexibility index (Phi) is 4.60. The summed E-state index contributed by atoms with van der Waals surface area (Å²) < 4.78 is 2.94. The molecule has 0 N–H and O–H groups in total. The zero-order valence-electron chi connectivity index (χ0n) is 16.4. The van der Waals surface area contributed by atoms with Crippen LogP contribution >= 0.6 is 11.3 Å². The maximum Gasteiger partial charge on any atom is 0.268 e. The van der Waals surface area contributed by atoms with Gasteiger partial charge in [0.05, 0.1) is 21.3 Å². The average molecular weight is 427 g/mol. The lowest BCUT2D eigenvalue weighted by molar-refractivity contribution is -0.118. The fraction of sp³-hybridized carbons (Fsp3) is 0.0833. The van der Waals surface area contributed by atoms with E-state index >= 15 is 0 Å². The molecule has 1 aliphatic rings. The van der Waals surface area contributed by atoms with E-state index in [0.29, 0.717) is 22.5 Å². The number of benzene rings is 3. The maximum absolute atomic E-state index is 12.8. The van der Waals surface area contributed by atoms with Crippen molar-refractivity contribution in [3.8, 4) is 0 Å². The van der Waals surface area contributed by atoms with Crippen LogP contribution in [0, 0.1) is 0 Å². The number of hydrogen-bond donors (Lipinski definition) is 0. The summed E-state index contributed by atoms with van der Waals surface area (Å²) in [6.45, 7) is 3.90. The summed E-state index contributed by atoms with van der Waals surface area (Å²) in [4.78, 5) is 43.6. The third kappa shape index (κ3) is 3.10. The van der Waals surface area contributed by atoms with Gasteiger partial charge in [0, 0.05) is 11.9 Å². The van der Waals surface area contributed by atoms with Crippen molar-refractivity contribution in [3.05, 3.63) is 89.2 Å². The van der Waals surface area contributed by atoms with Gasteiger partial charge in [0.2, 0.25) is 0 Å². The molecule has 7 heteroatoms. The van der Waals surface area contributed by atoms with Gasteiger partial charge in [0.15, 0.2) is 4.80 Å². The van der Waals surface area contributed by atoms with Crippen LogP contribution in [-0.4, -0.2) is 33.7 Å². The number of nitrogens with zero attached hydrogens (tertiary/aromatic N) is 3. The average Bonchev–Trinajstić information content (AvgIpc) is 3.25. The Bertz CT molecular complexity index is 1440. The van der Waals surface area contributed by atoms with Crippen molar-refractivity contribution in [3.63, 3.8) is 0 Å². The van der Waals surface area contributed by atoms with E-state index < -0.39 is 24.3 Å². The van der Waals surface area contributed by atoms with Gasteiger partial charge in [-0.2, -0.15) is 4.99 Å². The molecule has 4 aromatic rings. The lowest BCUT2D eigenvalue weighted by atomic mass is 10.1. The molecule has 0 saturated carbocycles. The highest BCUT2D eigenvalue weighted by molar-refractivity contribution is 7.17. The van der Waals surface area contributed by atoms with Crippen molar-refractivity contribution in [2.45, 2.75) is 6.54 Å². The normalized spacial score (nSPS) is 13.9. The van der Waals surface area contributed by atoms with E-state index in [9.17, 15) is 14.4 Å². The molecule has 152 valence electrons. The third-order valence-corrected chi connectivity index (χ3v) is 6.40. The molecule has 0 bridgehead atoms. The van der Waals surface area contributed by atoms with Crippen molar-refractivity contribution in [2.24, 2.45) is 4.99 Å². The van der Waals surface area contributed by atoms with Crippen LogP contribution in [0.5, 0.6) is 0 Å². The second-order valence-corrected chi connectivity index (χ2v) is 8.14. The first kappa shape index (κ1) is 19.1. The number of allylic oxidation sites excluding steroid dienone is 1. The van der Waals surface area contributed by atoms with Gasteiger partial charge in [0.25, 0.3) is 17.7 Å². The first-order valence-corrected chi connectivity index (χ1v) is 10.5. The highest BCUT2D eigenvalue weighted by Crippen LogP contribution is 2.28. The highest BCUT2D eigenvalue weighted by Gasteiger charge is 2.36. The minimum Gasteiger partial charge on any atom is -0.312 e. The molecule has 3 aromatic carbocycles. The first-order valence-electron chi connectivity index (χ1n) is 9.73. The SMILES string of the molecule is C=CCn1c(=NC(=O)CN2C(=O)c3ccccc3C2=O)sc2c3ccccc3ccc21. The minimum atomic E-state index is -0.553. The summed E-state index contributed by atoms with van der Waals surface area (Å²) in [5, 5.41) is 2.18. The van der Waals surface area contributed by atoms with Gasteiger partial charge in [-0.25, -0.2) is 0 Å². The number of carbonyl (C=O) groups is 3. The van der Waals surface area contributed by atoms with E-state index in [1.165, 1.54) is 11.3 Å². The van der Waals surface area contributed by atoms with Crippen molar-refractivity contribution in [1.29, 1.82) is 0 Å². The lowest BCUT2D eigenvalue weighted by Crippen LogP contribution is -2.35. The second kappa shape index (κ2) is 7.45. The van der Waals surface area contributed by atoms with Gasteiger partial charge in [-0.05, 0) is 23.6 Å². The van der Waals surface area contributed by atoms with Gasteiger partial charge in [-0.15, -0.1) is 6.58 Å². The van der Waals surface area contributed by atoms with Crippen LogP contribution in [0.2, 0.25) is 0 Å². The fourth-order valence-electron chi connectivity index (χ4n) is 3.85. The fourth-order valence-corrected chi connectivity index (χ4v) is 5.04. The number of fused-ring (bicyclic) bond motifs is 4. The molecule has 1 aromatic heterocycles. The van der Waals surface area contributed by atoms with Crippen LogP contribution in [0.15, 0.2) is 78.3 Å². The molecule has 0 fully saturated rings. The number of imide groups is 1. The molecule has 0 unspecified atom stereocenters. The van der Waals surface area contributed by atoms with Crippen molar-refractivity contribution < 1.29 is 14.4 Å². The Balaban J connectivity index is 1.55. The summed E-state index contributed by atoms with van der Waals surface area (Å²) >= 11 is 1.41. The smallest absolute Gasteiger partial charge is 0.268 e. The molecule has 0 atom stereocenters. The molecular weight excluding hydrogens is 410 g/mol. The topological polar surface area (TPSA) is 71.7 Å². The van der Waals surface area contributed by atoms with Gasteiger partial charge < -0.3 is 4.57 Å². The molecule has 1 aliphatic heterocycles. The van der Waals surface area contributed by atoms with E-state index in [1.54, 1.807) is 30.3 Å². The zero-order chi connectivity index (χ0) is 21.5. The largest absolute Gasteiger partial charge is 0.312 e. The van der Waals surface area contributed by atoms with Crippen LogP contribution in [0.25, 0.3) is 21.0 Å². The van der Waals surface area contributed by atoms with E-state index in [2.05, 4.69) is 11.6 Å². The second-order valence-electron chi connectivity index (χ2n) is 7.17. The lowest BCUT2D eigenvalue weighted by Gasteiger charge is -2.10. The molecule has 0 radical (unpaired) electrons. The minimum absolute atomic E-state index is 0.315. The van der Waals surface area contributed by atoms with E-state index in [0.717, 1.165) is 25.9 Å². The van der Waals surface area contributed by atoms with E-state index in [-0.39, 0.29) is 0 Å². The number of amides is 3. The molecule has 0 saturated heterocycles. The van der Waals surface area contributed by atoms with Crippen molar-refractivity contribution in [1.82, 2.24) is 9.47 Å². The Morgan fingerprint density at radius 2 is 1.65 bits per heavy atom. The standard InChI is InChI=1S/C24H17N3O3S/c1-2-13-26-19-12-11-15-7-3-4-8-16(15)21(19)31-24(26)25-20(28)14-27-22(29)17-9-5-6-10-18(17)23(27)30/h2-12H,1,13-14H2. The quantitative estimate of drug-likeness (QED) is 0.368. The summed E-state index contributed by atoms with van der Waals surface area (Å²) in [6, 6.07) is 18.6. The molecule has 0 aliphatic carbocycles. The Hall–Kier alpha value is -3.84. The number of carbonyl (C=O) groups excluding carboxylic acids is 3. The van der Waals surface area contributed by atoms with Gasteiger partial charge in [-0.1, -0.05) is 59.9 Å². The molecule has 5 rings (SSSR count). The molecule has 0 spiro atoms.